The minimum atomic E-state index is -0.478. The molecule has 4 saturated carbocycles. The average Bonchev–Trinajstić information content (AvgIpc) is 2.40. The van der Waals surface area contributed by atoms with E-state index in [2.05, 4.69) is 13.5 Å². The SMILES string of the molecule is C=CC(=O)OCCOC(=O)C12CC3CC(CC(C)(C3)C1)C2. The second kappa shape index (κ2) is 5.15. The minimum Gasteiger partial charge on any atom is -0.462 e. The molecule has 4 aliphatic carbocycles. The van der Waals surface area contributed by atoms with E-state index in [0.29, 0.717) is 17.3 Å². The van der Waals surface area contributed by atoms with Gasteiger partial charge in [-0.05, 0) is 55.8 Å². The van der Waals surface area contributed by atoms with Gasteiger partial charge in [0.25, 0.3) is 0 Å². The number of hydrogen-bond donors (Lipinski definition) is 0. The molecule has 0 aromatic heterocycles. The Bertz CT molecular complexity index is 453. The lowest BCUT2D eigenvalue weighted by Crippen LogP contribution is -2.54. The molecule has 4 fully saturated rings. The lowest BCUT2D eigenvalue weighted by atomic mass is 9.44. The van der Waals surface area contributed by atoms with Crippen LogP contribution in [0.15, 0.2) is 12.7 Å². The summed E-state index contributed by atoms with van der Waals surface area (Å²) in [6, 6.07) is 0. The maximum Gasteiger partial charge on any atom is 0.330 e. The smallest absolute Gasteiger partial charge is 0.330 e. The highest BCUT2D eigenvalue weighted by Crippen LogP contribution is 2.65. The van der Waals surface area contributed by atoms with Gasteiger partial charge in [0, 0.05) is 6.08 Å². The van der Waals surface area contributed by atoms with Crippen molar-refractivity contribution in [3.8, 4) is 0 Å². The van der Waals surface area contributed by atoms with Crippen molar-refractivity contribution < 1.29 is 19.1 Å². The van der Waals surface area contributed by atoms with E-state index in [1.165, 1.54) is 19.3 Å². The molecule has 0 radical (unpaired) electrons. The second-order valence-electron chi connectivity index (χ2n) is 7.56. The van der Waals surface area contributed by atoms with Gasteiger partial charge in [-0.2, -0.15) is 0 Å². The van der Waals surface area contributed by atoms with Crippen LogP contribution in [-0.2, 0) is 19.1 Å². The van der Waals surface area contributed by atoms with Gasteiger partial charge in [-0.1, -0.05) is 13.5 Å². The summed E-state index contributed by atoms with van der Waals surface area (Å²) in [6.07, 6.45) is 7.90. The van der Waals surface area contributed by atoms with Gasteiger partial charge in [0.05, 0.1) is 5.41 Å². The highest BCUT2D eigenvalue weighted by molar-refractivity contribution is 5.81. The molecule has 0 N–H and O–H groups in total. The van der Waals surface area contributed by atoms with Crippen molar-refractivity contribution in [2.75, 3.05) is 13.2 Å². The van der Waals surface area contributed by atoms with Crippen LogP contribution in [0.1, 0.15) is 45.4 Å². The molecule has 0 aromatic rings. The van der Waals surface area contributed by atoms with E-state index in [-0.39, 0.29) is 24.6 Å². The molecule has 0 aromatic carbocycles. The third-order valence-electron chi connectivity index (χ3n) is 5.51. The quantitative estimate of drug-likeness (QED) is 0.444. The fourth-order valence-corrected chi connectivity index (χ4v) is 5.45. The molecule has 116 valence electrons. The third kappa shape index (κ3) is 2.72. The van der Waals surface area contributed by atoms with Crippen LogP contribution in [0.5, 0.6) is 0 Å². The summed E-state index contributed by atoms with van der Waals surface area (Å²) in [4.78, 5) is 23.5. The van der Waals surface area contributed by atoms with Crippen LogP contribution in [0.2, 0.25) is 0 Å². The highest BCUT2D eigenvalue weighted by Gasteiger charge is 2.59. The van der Waals surface area contributed by atoms with E-state index in [1.807, 2.05) is 0 Å². The molecule has 0 aliphatic heterocycles. The predicted molar refractivity (Wildman–Crippen MR) is 77.3 cm³/mol. The Morgan fingerprint density at radius 3 is 2.33 bits per heavy atom. The number of carbonyl (C=O) groups is 2. The molecule has 4 rings (SSSR count). The third-order valence-corrected chi connectivity index (χ3v) is 5.51. The predicted octanol–water partition coefficient (Wildman–Crippen LogP) is 2.87. The van der Waals surface area contributed by atoms with Crippen LogP contribution < -0.4 is 0 Å². The molecular weight excluding hydrogens is 268 g/mol. The molecule has 4 heteroatoms. The van der Waals surface area contributed by atoms with Crippen LogP contribution in [0.3, 0.4) is 0 Å². The van der Waals surface area contributed by atoms with Gasteiger partial charge in [-0.15, -0.1) is 0 Å². The lowest BCUT2D eigenvalue weighted by Gasteiger charge is -2.59. The van der Waals surface area contributed by atoms with Crippen molar-refractivity contribution in [1.82, 2.24) is 0 Å². The van der Waals surface area contributed by atoms with Crippen LogP contribution in [0.25, 0.3) is 0 Å². The summed E-state index contributed by atoms with van der Waals surface area (Å²) < 4.78 is 10.3. The monoisotopic (exact) mass is 292 g/mol. The highest BCUT2D eigenvalue weighted by atomic mass is 16.6. The van der Waals surface area contributed by atoms with Crippen molar-refractivity contribution in [3.63, 3.8) is 0 Å². The normalized spacial score (nSPS) is 39.9. The Morgan fingerprint density at radius 1 is 1.14 bits per heavy atom. The molecule has 0 saturated heterocycles. The summed E-state index contributed by atoms with van der Waals surface area (Å²) in [7, 11) is 0. The van der Waals surface area contributed by atoms with Gasteiger partial charge in [-0.3, -0.25) is 4.79 Å². The standard InChI is InChI=1S/C17H24O4/c1-3-14(18)20-4-5-21-15(19)17-9-12-6-13(10-17)8-16(2,7-12)11-17/h3,12-13H,1,4-11H2,2H3. The average molecular weight is 292 g/mol. The summed E-state index contributed by atoms with van der Waals surface area (Å²) in [6.45, 7) is 5.91. The van der Waals surface area contributed by atoms with Crippen LogP contribution in [0.4, 0.5) is 0 Å². The van der Waals surface area contributed by atoms with E-state index >= 15 is 0 Å². The summed E-state index contributed by atoms with van der Waals surface area (Å²) in [5.41, 5.74) is 0.0691. The molecule has 4 bridgehead atoms. The number of carbonyl (C=O) groups excluding carboxylic acids is 2. The van der Waals surface area contributed by atoms with Gasteiger partial charge in [0.2, 0.25) is 0 Å². The zero-order valence-electron chi connectivity index (χ0n) is 12.7. The number of hydrogen-bond acceptors (Lipinski definition) is 4. The molecular formula is C17H24O4. The van der Waals surface area contributed by atoms with E-state index < -0.39 is 5.97 Å². The number of rotatable bonds is 5. The van der Waals surface area contributed by atoms with Gasteiger partial charge in [0.1, 0.15) is 13.2 Å². The van der Waals surface area contributed by atoms with Crippen molar-refractivity contribution in [3.05, 3.63) is 12.7 Å². The van der Waals surface area contributed by atoms with Crippen molar-refractivity contribution >= 4 is 11.9 Å². The molecule has 0 amide bonds. The Morgan fingerprint density at radius 2 is 1.76 bits per heavy atom. The van der Waals surface area contributed by atoms with E-state index in [9.17, 15) is 9.59 Å². The zero-order valence-corrected chi connectivity index (χ0v) is 12.7. The summed E-state index contributed by atoms with van der Waals surface area (Å²) >= 11 is 0. The Labute approximate surface area is 125 Å². The minimum absolute atomic E-state index is 0.0718. The van der Waals surface area contributed by atoms with Crippen LogP contribution in [-0.4, -0.2) is 25.2 Å². The van der Waals surface area contributed by atoms with Crippen molar-refractivity contribution in [2.45, 2.75) is 45.4 Å². The number of esters is 2. The molecule has 0 heterocycles. The van der Waals surface area contributed by atoms with Gasteiger partial charge in [-0.25, -0.2) is 4.79 Å². The summed E-state index contributed by atoms with van der Waals surface area (Å²) in [5.74, 6) is 0.843. The lowest BCUT2D eigenvalue weighted by molar-refractivity contribution is -0.181. The Balaban J connectivity index is 1.57. The molecule has 4 nitrogen and oxygen atoms in total. The molecule has 4 aliphatic rings. The fourth-order valence-electron chi connectivity index (χ4n) is 5.45. The van der Waals surface area contributed by atoms with Gasteiger partial charge < -0.3 is 9.47 Å². The molecule has 2 atom stereocenters. The van der Waals surface area contributed by atoms with Crippen LogP contribution >= 0.6 is 0 Å². The van der Waals surface area contributed by atoms with E-state index in [4.69, 9.17) is 9.47 Å². The first-order valence-corrected chi connectivity index (χ1v) is 7.91. The molecule has 2 unspecified atom stereocenters. The van der Waals surface area contributed by atoms with Crippen molar-refractivity contribution in [2.24, 2.45) is 22.7 Å². The fraction of sp³-hybridized carbons (Fsp3) is 0.765. The Kier molecular flexibility index (Phi) is 3.58. The van der Waals surface area contributed by atoms with E-state index in [0.717, 1.165) is 25.3 Å². The number of ether oxygens (including phenoxy) is 2. The van der Waals surface area contributed by atoms with Crippen molar-refractivity contribution in [1.29, 1.82) is 0 Å². The first-order chi connectivity index (χ1) is 9.95. The topological polar surface area (TPSA) is 52.6 Å². The van der Waals surface area contributed by atoms with E-state index in [1.54, 1.807) is 0 Å². The largest absolute Gasteiger partial charge is 0.462 e. The zero-order chi connectivity index (χ0) is 15.1. The van der Waals surface area contributed by atoms with Crippen LogP contribution in [0, 0.1) is 22.7 Å². The van der Waals surface area contributed by atoms with Gasteiger partial charge in [0.15, 0.2) is 0 Å². The summed E-state index contributed by atoms with van der Waals surface area (Å²) in [5, 5.41) is 0. The Hall–Kier alpha value is -1.32. The first-order valence-electron chi connectivity index (χ1n) is 7.91. The first kappa shape index (κ1) is 14.6. The molecule has 21 heavy (non-hydrogen) atoms. The van der Waals surface area contributed by atoms with Gasteiger partial charge >= 0.3 is 11.9 Å². The second-order valence-corrected chi connectivity index (χ2v) is 7.56. The maximum atomic E-state index is 12.6. The maximum absolute atomic E-state index is 12.6. The molecule has 0 spiro atoms.